The highest BCUT2D eigenvalue weighted by Crippen LogP contribution is 2.26. The third-order valence-corrected chi connectivity index (χ3v) is 4.50. The molecule has 1 aromatic carbocycles. The highest BCUT2D eigenvalue weighted by atomic mass is 32.1. The molecule has 0 spiro atoms. The molecule has 24 heavy (non-hydrogen) atoms. The molecule has 130 valence electrons. The van der Waals surface area contributed by atoms with Crippen molar-refractivity contribution in [2.45, 2.75) is 31.9 Å². The number of likely N-dealkylation sites (tertiary alicyclic amines) is 1. The standard InChI is InChI=1S/C16H17F3N2O2S/c17-16(18,19)23-14-3-1-12(2-4-14)22-13-5-8-21(9-6-13)11-15-20-7-10-24-15/h1-4,7,10,13H,5-6,8-9,11H2. The van der Waals surface area contributed by atoms with E-state index >= 15 is 0 Å². The van der Waals surface area contributed by atoms with Gasteiger partial charge in [-0.25, -0.2) is 4.98 Å². The van der Waals surface area contributed by atoms with Gasteiger partial charge in [0.15, 0.2) is 0 Å². The normalized spacial score (nSPS) is 17.0. The minimum Gasteiger partial charge on any atom is -0.490 e. The number of piperidine rings is 1. The van der Waals surface area contributed by atoms with Crippen LogP contribution in [0.15, 0.2) is 35.8 Å². The summed E-state index contributed by atoms with van der Waals surface area (Å²) < 4.78 is 46.1. The van der Waals surface area contributed by atoms with E-state index in [1.807, 2.05) is 11.6 Å². The molecule has 2 aromatic rings. The number of rotatable bonds is 5. The summed E-state index contributed by atoms with van der Waals surface area (Å²) in [6, 6.07) is 5.53. The van der Waals surface area contributed by atoms with Crippen molar-refractivity contribution in [3.8, 4) is 11.5 Å². The Bertz CT molecular complexity index is 624. The smallest absolute Gasteiger partial charge is 0.490 e. The molecule has 4 nitrogen and oxygen atoms in total. The molecule has 0 radical (unpaired) electrons. The Kier molecular flexibility index (Phi) is 5.25. The van der Waals surface area contributed by atoms with Gasteiger partial charge in [-0.05, 0) is 37.1 Å². The van der Waals surface area contributed by atoms with E-state index in [0.717, 1.165) is 37.5 Å². The highest BCUT2D eigenvalue weighted by molar-refractivity contribution is 7.09. The van der Waals surface area contributed by atoms with E-state index in [2.05, 4.69) is 14.6 Å². The van der Waals surface area contributed by atoms with Crippen LogP contribution in [0.25, 0.3) is 0 Å². The number of halogens is 3. The van der Waals surface area contributed by atoms with Gasteiger partial charge in [-0.1, -0.05) is 0 Å². The van der Waals surface area contributed by atoms with Crippen molar-refractivity contribution in [3.63, 3.8) is 0 Å². The van der Waals surface area contributed by atoms with Crippen molar-refractivity contribution in [3.05, 3.63) is 40.8 Å². The molecule has 1 fully saturated rings. The maximum absolute atomic E-state index is 12.1. The number of ether oxygens (including phenoxy) is 2. The van der Waals surface area contributed by atoms with Crippen molar-refractivity contribution in [2.24, 2.45) is 0 Å². The average molecular weight is 358 g/mol. The van der Waals surface area contributed by atoms with Gasteiger partial charge in [0, 0.05) is 24.7 Å². The van der Waals surface area contributed by atoms with E-state index in [4.69, 9.17) is 4.74 Å². The molecule has 1 aliphatic heterocycles. The summed E-state index contributed by atoms with van der Waals surface area (Å²) in [6.45, 7) is 2.69. The summed E-state index contributed by atoms with van der Waals surface area (Å²) in [6.07, 6.45) is -1.03. The number of nitrogens with zero attached hydrogens (tertiary/aromatic N) is 2. The van der Waals surface area contributed by atoms with Crippen LogP contribution in [0.4, 0.5) is 13.2 Å². The monoisotopic (exact) mass is 358 g/mol. The number of hydrogen-bond acceptors (Lipinski definition) is 5. The molecule has 0 unspecified atom stereocenters. The van der Waals surface area contributed by atoms with Gasteiger partial charge in [-0.15, -0.1) is 24.5 Å². The van der Waals surface area contributed by atoms with Crippen LogP contribution in [0.5, 0.6) is 11.5 Å². The maximum Gasteiger partial charge on any atom is 0.573 e. The molecule has 0 aliphatic carbocycles. The maximum atomic E-state index is 12.1. The second-order valence-electron chi connectivity index (χ2n) is 5.54. The summed E-state index contributed by atoms with van der Waals surface area (Å²) >= 11 is 1.65. The van der Waals surface area contributed by atoms with Gasteiger partial charge in [-0.3, -0.25) is 4.90 Å². The first kappa shape index (κ1) is 17.0. The fraction of sp³-hybridized carbons (Fsp3) is 0.438. The van der Waals surface area contributed by atoms with Gasteiger partial charge >= 0.3 is 6.36 Å². The largest absolute Gasteiger partial charge is 0.573 e. The molecule has 0 atom stereocenters. The molecule has 0 saturated carbocycles. The first-order valence-corrected chi connectivity index (χ1v) is 8.49. The van der Waals surface area contributed by atoms with Crippen LogP contribution < -0.4 is 9.47 Å². The zero-order chi connectivity index (χ0) is 17.0. The minimum atomic E-state index is -4.67. The Morgan fingerprint density at radius 3 is 2.38 bits per heavy atom. The molecular formula is C16H17F3N2O2S. The second kappa shape index (κ2) is 7.40. The molecule has 0 N–H and O–H groups in total. The van der Waals surface area contributed by atoms with Gasteiger partial charge in [0.1, 0.15) is 22.6 Å². The Balaban J connectivity index is 1.45. The lowest BCUT2D eigenvalue weighted by molar-refractivity contribution is -0.274. The van der Waals surface area contributed by atoms with E-state index in [-0.39, 0.29) is 11.9 Å². The topological polar surface area (TPSA) is 34.6 Å². The van der Waals surface area contributed by atoms with E-state index in [9.17, 15) is 13.2 Å². The van der Waals surface area contributed by atoms with Crippen LogP contribution in [0.3, 0.4) is 0 Å². The van der Waals surface area contributed by atoms with Gasteiger partial charge in [0.05, 0.1) is 6.54 Å². The van der Waals surface area contributed by atoms with Crippen molar-refractivity contribution < 1.29 is 22.6 Å². The number of benzene rings is 1. The first-order valence-electron chi connectivity index (χ1n) is 7.61. The van der Waals surface area contributed by atoms with Gasteiger partial charge in [0.25, 0.3) is 0 Å². The average Bonchev–Trinajstić information content (AvgIpc) is 3.03. The van der Waals surface area contributed by atoms with Crippen LogP contribution >= 0.6 is 11.3 Å². The van der Waals surface area contributed by atoms with Crippen molar-refractivity contribution >= 4 is 11.3 Å². The highest BCUT2D eigenvalue weighted by Gasteiger charge is 2.31. The Morgan fingerprint density at radius 1 is 1.12 bits per heavy atom. The summed E-state index contributed by atoms with van der Waals surface area (Å²) in [4.78, 5) is 6.62. The SMILES string of the molecule is FC(F)(F)Oc1ccc(OC2CCN(Cc3nccs3)CC2)cc1. The predicted octanol–water partition coefficient (Wildman–Crippen LogP) is 4.09. The summed E-state index contributed by atoms with van der Waals surface area (Å²) in [5.74, 6) is 0.316. The van der Waals surface area contributed by atoms with E-state index in [1.54, 1.807) is 11.3 Å². The van der Waals surface area contributed by atoms with E-state index < -0.39 is 6.36 Å². The number of alkyl halides is 3. The van der Waals surface area contributed by atoms with Crippen LogP contribution in [0, 0.1) is 0 Å². The molecular weight excluding hydrogens is 341 g/mol. The van der Waals surface area contributed by atoms with Crippen LogP contribution in [-0.4, -0.2) is 35.4 Å². The summed E-state index contributed by atoms with van der Waals surface area (Å²) in [5.41, 5.74) is 0. The van der Waals surface area contributed by atoms with Gasteiger partial charge in [-0.2, -0.15) is 0 Å². The quantitative estimate of drug-likeness (QED) is 0.807. The molecule has 8 heteroatoms. The Labute approximate surface area is 141 Å². The van der Waals surface area contributed by atoms with Crippen LogP contribution in [0.2, 0.25) is 0 Å². The molecule has 3 rings (SSSR count). The minimum absolute atomic E-state index is 0.0759. The van der Waals surface area contributed by atoms with Crippen molar-refractivity contribution in [1.29, 1.82) is 0 Å². The molecule has 1 aromatic heterocycles. The number of aromatic nitrogens is 1. The van der Waals surface area contributed by atoms with Gasteiger partial charge < -0.3 is 9.47 Å². The lowest BCUT2D eigenvalue weighted by atomic mass is 10.1. The fourth-order valence-electron chi connectivity index (χ4n) is 2.62. The Morgan fingerprint density at radius 2 is 1.79 bits per heavy atom. The molecule has 0 bridgehead atoms. The third kappa shape index (κ3) is 5.10. The number of hydrogen-bond donors (Lipinski definition) is 0. The van der Waals surface area contributed by atoms with Gasteiger partial charge in [0.2, 0.25) is 0 Å². The second-order valence-corrected chi connectivity index (χ2v) is 6.52. The molecule has 0 amide bonds. The fourth-order valence-corrected chi connectivity index (χ4v) is 3.28. The summed E-state index contributed by atoms with van der Waals surface area (Å²) in [7, 11) is 0. The Hall–Kier alpha value is -1.80. The third-order valence-electron chi connectivity index (χ3n) is 3.74. The zero-order valence-electron chi connectivity index (χ0n) is 12.8. The van der Waals surface area contributed by atoms with Crippen LogP contribution in [-0.2, 0) is 6.54 Å². The van der Waals surface area contributed by atoms with Crippen molar-refractivity contribution in [2.75, 3.05) is 13.1 Å². The van der Waals surface area contributed by atoms with E-state index in [0.29, 0.717) is 5.75 Å². The summed E-state index contributed by atoms with van der Waals surface area (Å²) in [5, 5.41) is 3.08. The van der Waals surface area contributed by atoms with E-state index in [1.165, 1.54) is 24.3 Å². The number of thiazole rings is 1. The predicted molar refractivity (Wildman–Crippen MR) is 84.2 cm³/mol. The lowest BCUT2D eigenvalue weighted by Gasteiger charge is -2.31. The molecule has 1 saturated heterocycles. The first-order chi connectivity index (χ1) is 11.5. The zero-order valence-corrected chi connectivity index (χ0v) is 13.6. The lowest BCUT2D eigenvalue weighted by Crippen LogP contribution is -2.37. The van der Waals surface area contributed by atoms with Crippen molar-refractivity contribution in [1.82, 2.24) is 9.88 Å². The molecule has 1 aliphatic rings. The molecule has 2 heterocycles. The van der Waals surface area contributed by atoms with Crippen LogP contribution in [0.1, 0.15) is 17.8 Å².